The highest BCUT2D eigenvalue weighted by atomic mass is 15.2. The molecule has 0 radical (unpaired) electrons. The van der Waals surface area contributed by atoms with Crippen molar-refractivity contribution in [2.75, 3.05) is 26.7 Å². The van der Waals surface area contributed by atoms with Crippen LogP contribution in [0.4, 0.5) is 0 Å². The summed E-state index contributed by atoms with van der Waals surface area (Å²) in [7, 11) is 2.30. The van der Waals surface area contributed by atoms with E-state index in [-0.39, 0.29) is 0 Å². The molecule has 0 aliphatic carbocycles. The van der Waals surface area contributed by atoms with Crippen molar-refractivity contribution in [1.29, 1.82) is 0 Å². The number of hydrogen-bond donors (Lipinski definition) is 1. The Bertz CT molecular complexity index is 161. The molecule has 0 spiro atoms. The van der Waals surface area contributed by atoms with Crippen LogP contribution in [0.3, 0.4) is 0 Å². The standard InChI is InChI=1S/C13H28N2/c1-5-13(6-2,7-3)11-15(4)12-8-9-14-10-12/h12,14H,5-11H2,1-4H3. The Morgan fingerprint density at radius 3 is 2.20 bits per heavy atom. The van der Waals surface area contributed by atoms with Gasteiger partial charge >= 0.3 is 0 Å². The molecule has 1 N–H and O–H groups in total. The number of nitrogens with one attached hydrogen (secondary N) is 1. The van der Waals surface area contributed by atoms with Crippen LogP contribution in [0.5, 0.6) is 0 Å². The molecule has 1 unspecified atom stereocenters. The van der Waals surface area contributed by atoms with Crippen molar-refractivity contribution >= 4 is 0 Å². The average molecular weight is 212 g/mol. The zero-order valence-corrected chi connectivity index (χ0v) is 11.0. The van der Waals surface area contributed by atoms with Gasteiger partial charge in [-0.2, -0.15) is 0 Å². The molecule has 0 saturated carbocycles. The molecule has 15 heavy (non-hydrogen) atoms. The van der Waals surface area contributed by atoms with Gasteiger partial charge in [0.2, 0.25) is 0 Å². The van der Waals surface area contributed by atoms with Crippen LogP contribution in [0.15, 0.2) is 0 Å². The maximum Gasteiger partial charge on any atom is 0.0229 e. The van der Waals surface area contributed by atoms with Crippen LogP contribution in [-0.2, 0) is 0 Å². The molecule has 1 saturated heterocycles. The molecule has 1 aliphatic rings. The van der Waals surface area contributed by atoms with E-state index >= 15 is 0 Å². The summed E-state index contributed by atoms with van der Waals surface area (Å²) >= 11 is 0. The van der Waals surface area contributed by atoms with Gasteiger partial charge in [0.25, 0.3) is 0 Å². The summed E-state index contributed by atoms with van der Waals surface area (Å²) in [5, 5.41) is 3.45. The van der Waals surface area contributed by atoms with E-state index in [0.29, 0.717) is 5.41 Å². The lowest BCUT2D eigenvalue weighted by Crippen LogP contribution is -2.41. The molecule has 1 fully saturated rings. The Labute approximate surface area is 95.4 Å². The van der Waals surface area contributed by atoms with Gasteiger partial charge in [-0.3, -0.25) is 0 Å². The van der Waals surface area contributed by atoms with Crippen molar-refractivity contribution in [3.8, 4) is 0 Å². The van der Waals surface area contributed by atoms with Gasteiger partial charge < -0.3 is 10.2 Å². The van der Waals surface area contributed by atoms with Gasteiger partial charge in [-0.25, -0.2) is 0 Å². The van der Waals surface area contributed by atoms with Gasteiger partial charge in [0, 0.05) is 19.1 Å². The highest BCUT2D eigenvalue weighted by Crippen LogP contribution is 2.31. The fourth-order valence-corrected chi connectivity index (χ4v) is 2.76. The number of hydrogen-bond acceptors (Lipinski definition) is 2. The minimum atomic E-state index is 0.553. The minimum Gasteiger partial charge on any atom is -0.315 e. The van der Waals surface area contributed by atoms with Crippen LogP contribution in [0.1, 0.15) is 46.5 Å². The van der Waals surface area contributed by atoms with E-state index in [0.717, 1.165) is 6.04 Å². The van der Waals surface area contributed by atoms with Gasteiger partial charge in [-0.15, -0.1) is 0 Å². The first-order valence-electron chi connectivity index (χ1n) is 6.58. The second-order valence-corrected chi connectivity index (χ2v) is 5.12. The van der Waals surface area contributed by atoms with E-state index in [1.165, 1.54) is 45.3 Å². The third-order valence-electron chi connectivity index (χ3n) is 4.49. The predicted molar refractivity (Wildman–Crippen MR) is 67.2 cm³/mol. The quantitative estimate of drug-likeness (QED) is 0.728. The third-order valence-corrected chi connectivity index (χ3v) is 4.49. The van der Waals surface area contributed by atoms with Crippen molar-refractivity contribution < 1.29 is 0 Å². The number of likely N-dealkylation sites (N-methyl/N-ethyl adjacent to an activating group) is 1. The van der Waals surface area contributed by atoms with E-state index in [4.69, 9.17) is 0 Å². The highest BCUT2D eigenvalue weighted by molar-refractivity contribution is 4.84. The van der Waals surface area contributed by atoms with Gasteiger partial charge in [0.05, 0.1) is 0 Å². The Kier molecular flexibility index (Phi) is 5.07. The predicted octanol–water partition coefficient (Wildman–Crippen LogP) is 2.50. The summed E-state index contributed by atoms with van der Waals surface area (Å²) in [4.78, 5) is 2.58. The first-order valence-corrected chi connectivity index (χ1v) is 6.58. The zero-order chi connectivity index (χ0) is 11.3. The summed E-state index contributed by atoms with van der Waals surface area (Å²) in [5.74, 6) is 0. The van der Waals surface area contributed by atoms with Gasteiger partial charge in [-0.05, 0) is 44.7 Å². The number of nitrogens with zero attached hydrogens (tertiary/aromatic N) is 1. The van der Waals surface area contributed by atoms with E-state index in [2.05, 4.69) is 38.0 Å². The van der Waals surface area contributed by atoms with Crippen molar-refractivity contribution in [2.45, 2.75) is 52.5 Å². The summed E-state index contributed by atoms with van der Waals surface area (Å²) in [5.41, 5.74) is 0.553. The fraction of sp³-hybridized carbons (Fsp3) is 1.00. The highest BCUT2D eigenvalue weighted by Gasteiger charge is 2.29. The van der Waals surface area contributed by atoms with Crippen molar-refractivity contribution in [1.82, 2.24) is 10.2 Å². The lowest BCUT2D eigenvalue weighted by molar-refractivity contribution is 0.125. The second kappa shape index (κ2) is 5.86. The van der Waals surface area contributed by atoms with Crippen molar-refractivity contribution in [3.63, 3.8) is 0 Å². The zero-order valence-electron chi connectivity index (χ0n) is 11.0. The molecule has 1 atom stereocenters. The van der Waals surface area contributed by atoms with Crippen LogP contribution in [0, 0.1) is 5.41 Å². The molecule has 0 amide bonds. The molecule has 1 rings (SSSR count). The monoisotopic (exact) mass is 212 g/mol. The Morgan fingerprint density at radius 1 is 1.20 bits per heavy atom. The average Bonchev–Trinajstić information content (AvgIpc) is 2.79. The Morgan fingerprint density at radius 2 is 1.80 bits per heavy atom. The summed E-state index contributed by atoms with van der Waals surface area (Å²) < 4.78 is 0. The van der Waals surface area contributed by atoms with Crippen LogP contribution in [0.2, 0.25) is 0 Å². The molecule has 0 aromatic heterocycles. The normalized spacial score (nSPS) is 22.6. The Hall–Kier alpha value is -0.0800. The first-order chi connectivity index (χ1) is 7.17. The topological polar surface area (TPSA) is 15.3 Å². The van der Waals surface area contributed by atoms with E-state index < -0.39 is 0 Å². The molecule has 90 valence electrons. The maximum atomic E-state index is 3.45. The lowest BCUT2D eigenvalue weighted by Gasteiger charge is -2.37. The van der Waals surface area contributed by atoms with E-state index in [9.17, 15) is 0 Å². The molecule has 2 heteroatoms. The first kappa shape index (κ1) is 13.0. The van der Waals surface area contributed by atoms with Gasteiger partial charge in [0.15, 0.2) is 0 Å². The second-order valence-electron chi connectivity index (χ2n) is 5.12. The maximum absolute atomic E-state index is 3.45. The van der Waals surface area contributed by atoms with Crippen LogP contribution in [0.25, 0.3) is 0 Å². The summed E-state index contributed by atoms with van der Waals surface area (Å²) in [6, 6.07) is 0.772. The van der Waals surface area contributed by atoms with Crippen LogP contribution < -0.4 is 5.32 Å². The SMILES string of the molecule is CCC(CC)(CC)CN(C)C1CCNC1. The molecule has 1 heterocycles. The lowest BCUT2D eigenvalue weighted by atomic mass is 9.79. The minimum absolute atomic E-state index is 0.553. The third kappa shape index (κ3) is 3.18. The number of rotatable bonds is 6. The molecular formula is C13H28N2. The summed E-state index contributed by atoms with van der Waals surface area (Å²) in [6.07, 6.45) is 5.25. The molecule has 0 aromatic carbocycles. The fourth-order valence-electron chi connectivity index (χ4n) is 2.76. The molecule has 0 aromatic rings. The molecule has 0 bridgehead atoms. The summed E-state index contributed by atoms with van der Waals surface area (Å²) in [6.45, 7) is 10.7. The molecular weight excluding hydrogens is 184 g/mol. The largest absolute Gasteiger partial charge is 0.315 e. The van der Waals surface area contributed by atoms with Gasteiger partial charge in [0.1, 0.15) is 0 Å². The van der Waals surface area contributed by atoms with Crippen LogP contribution in [-0.4, -0.2) is 37.6 Å². The van der Waals surface area contributed by atoms with E-state index in [1.807, 2.05) is 0 Å². The van der Waals surface area contributed by atoms with Gasteiger partial charge in [-0.1, -0.05) is 20.8 Å². The Balaban J connectivity index is 2.49. The van der Waals surface area contributed by atoms with Crippen molar-refractivity contribution in [3.05, 3.63) is 0 Å². The van der Waals surface area contributed by atoms with E-state index in [1.54, 1.807) is 0 Å². The smallest absolute Gasteiger partial charge is 0.0229 e. The van der Waals surface area contributed by atoms with Crippen molar-refractivity contribution in [2.24, 2.45) is 5.41 Å². The van der Waals surface area contributed by atoms with Crippen LogP contribution >= 0.6 is 0 Å². The molecule has 1 aliphatic heterocycles. The molecule has 2 nitrogen and oxygen atoms in total.